The monoisotopic (exact) mass is 305 g/mol. The molecule has 0 fully saturated rings. The van der Waals surface area contributed by atoms with Gasteiger partial charge in [-0.15, -0.1) is 11.3 Å². The van der Waals surface area contributed by atoms with Crippen LogP contribution < -0.4 is 0 Å². The van der Waals surface area contributed by atoms with Gasteiger partial charge in [-0.2, -0.15) is 0 Å². The van der Waals surface area contributed by atoms with Crippen LogP contribution in [0, 0.1) is 0 Å². The van der Waals surface area contributed by atoms with Crippen LogP contribution in [0.4, 0.5) is 0 Å². The molecule has 2 rings (SSSR count). The van der Waals surface area contributed by atoms with Crippen molar-refractivity contribution in [3.63, 3.8) is 0 Å². The van der Waals surface area contributed by atoms with Crippen LogP contribution in [0.5, 0.6) is 0 Å². The van der Waals surface area contributed by atoms with Gasteiger partial charge in [-0.05, 0) is 38.3 Å². The molecule has 1 aromatic carbocycles. The van der Waals surface area contributed by atoms with Gasteiger partial charge in [-0.3, -0.25) is 9.59 Å². The second-order valence-electron chi connectivity index (χ2n) is 5.92. The highest BCUT2D eigenvalue weighted by atomic mass is 32.1. The molecule has 0 atom stereocenters. The number of carboxylic acid groups (broad SMARTS) is 1. The molecule has 5 heteroatoms. The third-order valence-electron chi connectivity index (χ3n) is 3.24. The van der Waals surface area contributed by atoms with Gasteiger partial charge in [0.25, 0.3) is 5.91 Å². The Labute approximate surface area is 128 Å². The maximum Gasteiger partial charge on any atom is 0.305 e. The Kier molecular flexibility index (Phi) is 4.32. The second-order valence-corrected chi connectivity index (χ2v) is 7.00. The quantitative estimate of drug-likeness (QED) is 0.938. The predicted octanol–water partition coefficient (Wildman–Crippen LogP) is 3.62. The molecule has 1 amide bonds. The number of hydrogen-bond acceptors (Lipinski definition) is 3. The van der Waals surface area contributed by atoms with Gasteiger partial charge in [0.15, 0.2) is 0 Å². The van der Waals surface area contributed by atoms with E-state index in [4.69, 9.17) is 5.11 Å². The molecule has 0 saturated heterocycles. The highest BCUT2D eigenvalue weighted by molar-refractivity contribution is 7.20. The average Bonchev–Trinajstić information content (AvgIpc) is 2.80. The van der Waals surface area contributed by atoms with Gasteiger partial charge in [0.2, 0.25) is 0 Å². The number of benzene rings is 1. The summed E-state index contributed by atoms with van der Waals surface area (Å²) >= 11 is 1.45. The molecule has 0 aliphatic heterocycles. The standard InChI is InChI=1S/C16H19NO3S/c1-16(2,3)17(9-8-14(18)19)15(20)13-10-11-6-4-5-7-12(11)21-13/h4-7,10H,8-9H2,1-3H3,(H,18,19). The Balaban J connectivity index is 2.30. The zero-order valence-corrected chi connectivity index (χ0v) is 13.2. The predicted molar refractivity (Wildman–Crippen MR) is 84.9 cm³/mol. The van der Waals surface area contributed by atoms with E-state index in [0.29, 0.717) is 4.88 Å². The van der Waals surface area contributed by atoms with Crippen molar-refractivity contribution in [2.75, 3.05) is 6.54 Å². The van der Waals surface area contributed by atoms with Crippen LogP contribution >= 0.6 is 11.3 Å². The number of carbonyl (C=O) groups excluding carboxylic acids is 1. The first-order valence-electron chi connectivity index (χ1n) is 6.81. The van der Waals surface area contributed by atoms with Crippen molar-refractivity contribution in [1.82, 2.24) is 4.90 Å². The molecule has 1 aromatic heterocycles. The maximum absolute atomic E-state index is 12.7. The van der Waals surface area contributed by atoms with Crippen molar-refractivity contribution >= 4 is 33.3 Å². The summed E-state index contributed by atoms with van der Waals surface area (Å²) in [6.45, 7) is 5.96. The average molecular weight is 305 g/mol. The first-order valence-corrected chi connectivity index (χ1v) is 7.63. The number of hydrogen-bond donors (Lipinski definition) is 1. The molecule has 0 bridgehead atoms. The fraction of sp³-hybridized carbons (Fsp3) is 0.375. The van der Waals surface area contributed by atoms with Crippen LogP contribution in [0.3, 0.4) is 0 Å². The number of aliphatic carboxylic acids is 1. The van der Waals surface area contributed by atoms with Crippen LogP contribution in [0.25, 0.3) is 10.1 Å². The molecule has 0 spiro atoms. The molecular weight excluding hydrogens is 286 g/mol. The summed E-state index contributed by atoms with van der Waals surface area (Å²) in [5.74, 6) is -1.00. The van der Waals surface area contributed by atoms with Crippen LogP contribution in [-0.2, 0) is 4.79 Å². The number of thiophene rings is 1. The van der Waals surface area contributed by atoms with Crippen molar-refractivity contribution in [2.24, 2.45) is 0 Å². The minimum absolute atomic E-state index is 0.0477. The third kappa shape index (κ3) is 3.61. The molecule has 0 aliphatic rings. The van der Waals surface area contributed by atoms with Crippen LogP contribution in [0.2, 0.25) is 0 Å². The van der Waals surface area contributed by atoms with Crippen LogP contribution in [0.1, 0.15) is 36.9 Å². The van der Waals surface area contributed by atoms with Crippen molar-refractivity contribution in [3.05, 3.63) is 35.2 Å². The van der Waals surface area contributed by atoms with E-state index in [1.807, 2.05) is 51.1 Å². The molecule has 21 heavy (non-hydrogen) atoms. The Hall–Kier alpha value is -1.88. The van der Waals surface area contributed by atoms with Gasteiger partial charge in [0.1, 0.15) is 0 Å². The molecule has 0 unspecified atom stereocenters. The number of carbonyl (C=O) groups is 2. The van der Waals surface area contributed by atoms with E-state index in [-0.39, 0.29) is 18.9 Å². The second kappa shape index (κ2) is 5.85. The van der Waals surface area contributed by atoms with E-state index >= 15 is 0 Å². The van der Waals surface area contributed by atoms with Gasteiger partial charge in [0.05, 0.1) is 11.3 Å². The number of fused-ring (bicyclic) bond motifs is 1. The van der Waals surface area contributed by atoms with Crippen molar-refractivity contribution < 1.29 is 14.7 Å². The van der Waals surface area contributed by atoms with Crippen LogP contribution in [-0.4, -0.2) is 34.0 Å². The minimum Gasteiger partial charge on any atom is -0.481 e. The number of nitrogens with zero attached hydrogens (tertiary/aromatic N) is 1. The normalized spacial score (nSPS) is 11.6. The van der Waals surface area contributed by atoms with Gasteiger partial charge in [-0.1, -0.05) is 18.2 Å². The summed E-state index contributed by atoms with van der Waals surface area (Å²) in [5, 5.41) is 9.90. The summed E-state index contributed by atoms with van der Waals surface area (Å²) in [5.41, 5.74) is -0.414. The van der Waals surface area contributed by atoms with E-state index in [2.05, 4.69) is 0 Å². The summed E-state index contributed by atoms with van der Waals surface area (Å²) in [6.07, 6.45) is -0.0477. The maximum atomic E-state index is 12.7. The Morgan fingerprint density at radius 1 is 1.24 bits per heavy atom. The van der Waals surface area contributed by atoms with Crippen LogP contribution in [0.15, 0.2) is 30.3 Å². The number of amides is 1. The van der Waals surface area contributed by atoms with E-state index in [0.717, 1.165) is 10.1 Å². The lowest BCUT2D eigenvalue weighted by molar-refractivity contribution is -0.137. The van der Waals surface area contributed by atoms with Gasteiger partial charge in [0, 0.05) is 16.8 Å². The molecule has 0 aliphatic carbocycles. The smallest absolute Gasteiger partial charge is 0.305 e. The van der Waals surface area contributed by atoms with Gasteiger partial charge >= 0.3 is 5.97 Å². The third-order valence-corrected chi connectivity index (χ3v) is 4.34. The zero-order chi connectivity index (χ0) is 15.6. The zero-order valence-electron chi connectivity index (χ0n) is 12.4. The summed E-state index contributed by atoms with van der Waals surface area (Å²) in [6, 6.07) is 9.72. The molecule has 0 radical (unpaired) electrons. The Morgan fingerprint density at radius 2 is 1.90 bits per heavy atom. The van der Waals surface area contributed by atoms with Crippen molar-refractivity contribution in [2.45, 2.75) is 32.7 Å². The first-order chi connectivity index (χ1) is 9.79. The molecule has 4 nitrogen and oxygen atoms in total. The lowest BCUT2D eigenvalue weighted by Gasteiger charge is -2.35. The van der Waals surface area contributed by atoms with E-state index < -0.39 is 11.5 Å². The van der Waals surface area contributed by atoms with E-state index in [1.54, 1.807) is 4.90 Å². The minimum atomic E-state index is -0.895. The van der Waals surface area contributed by atoms with E-state index in [9.17, 15) is 9.59 Å². The fourth-order valence-electron chi connectivity index (χ4n) is 2.17. The fourth-order valence-corrected chi connectivity index (χ4v) is 3.18. The van der Waals surface area contributed by atoms with Crippen molar-refractivity contribution in [3.8, 4) is 0 Å². The molecule has 1 N–H and O–H groups in total. The number of carboxylic acids is 1. The molecule has 2 aromatic rings. The number of rotatable bonds is 4. The first kappa shape index (κ1) is 15.5. The van der Waals surface area contributed by atoms with Gasteiger partial charge in [-0.25, -0.2) is 0 Å². The van der Waals surface area contributed by atoms with Gasteiger partial charge < -0.3 is 10.0 Å². The Morgan fingerprint density at radius 3 is 2.48 bits per heavy atom. The lowest BCUT2D eigenvalue weighted by atomic mass is 10.0. The largest absolute Gasteiger partial charge is 0.481 e. The topological polar surface area (TPSA) is 57.6 Å². The highest BCUT2D eigenvalue weighted by Crippen LogP contribution is 2.28. The molecular formula is C16H19NO3S. The lowest BCUT2D eigenvalue weighted by Crippen LogP contribution is -2.46. The SMILES string of the molecule is CC(C)(C)N(CCC(=O)O)C(=O)c1cc2ccccc2s1. The molecule has 0 saturated carbocycles. The molecule has 112 valence electrons. The highest BCUT2D eigenvalue weighted by Gasteiger charge is 2.28. The molecule has 1 heterocycles. The summed E-state index contributed by atoms with van der Waals surface area (Å²) in [4.78, 5) is 25.8. The van der Waals surface area contributed by atoms with Crippen molar-refractivity contribution in [1.29, 1.82) is 0 Å². The summed E-state index contributed by atoms with van der Waals surface area (Å²) < 4.78 is 1.06. The summed E-state index contributed by atoms with van der Waals surface area (Å²) in [7, 11) is 0. The Bertz CT molecular complexity index is 636. The van der Waals surface area contributed by atoms with E-state index in [1.165, 1.54) is 11.3 Å².